The Bertz CT molecular complexity index is 1040. The van der Waals surface area contributed by atoms with Gasteiger partial charge in [-0.25, -0.2) is 9.78 Å². The van der Waals surface area contributed by atoms with Crippen LogP contribution in [0.1, 0.15) is 27.3 Å². The van der Waals surface area contributed by atoms with E-state index in [1.807, 2.05) is 24.3 Å². The lowest BCUT2D eigenvalue weighted by atomic mass is 10.1. The standard InChI is InChI=1S/C20H22N4O4/c1-12-9-15(18-13(2)23-24(3)19(18)22-12)20(26)28-11-17(25)21-10-14-7-5-6-8-16(14)27-4/h5-9H,10-11H2,1-4H3,(H,21,25). The van der Waals surface area contributed by atoms with Gasteiger partial charge in [-0.2, -0.15) is 5.10 Å². The van der Waals surface area contributed by atoms with Gasteiger partial charge in [0.05, 0.1) is 23.8 Å². The van der Waals surface area contributed by atoms with Crippen LogP contribution in [0.25, 0.3) is 11.0 Å². The van der Waals surface area contributed by atoms with Crippen molar-refractivity contribution in [1.29, 1.82) is 0 Å². The zero-order valence-corrected chi connectivity index (χ0v) is 16.3. The number of para-hydroxylation sites is 1. The normalized spacial score (nSPS) is 10.7. The molecule has 0 spiro atoms. The summed E-state index contributed by atoms with van der Waals surface area (Å²) < 4.78 is 12.1. The summed E-state index contributed by atoms with van der Waals surface area (Å²) in [7, 11) is 3.34. The Morgan fingerprint density at radius 2 is 1.96 bits per heavy atom. The van der Waals surface area contributed by atoms with Crippen molar-refractivity contribution in [1.82, 2.24) is 20.1 Å². The number of nitrogens with zero attached hydrogens (tertiary/aromatic N) is 3. The molecule has 0 aliphatic heterocycles. The van der Waals surface area contributed by atoms with Crippen LogP contribution in [0.4, 0.5) is 0 Å². The number of aromatic nitrogens is 3. The van der Waals surface area contributed by atoms with Crippen LogP contribution in [0, 0.1) is 13.8 Å². The lowest BCUT2D eigenvalue weighted by Gasteiger charge is -2.10. The lowest BCUT2D eigenvalue weighted by molar-refractivity contribution is -0.124. The molecule has 2 heterocycles. The van der Waals surface area contributed by atoms with Crippen molar-refractivity contribution in [2.24, 2.45) is 7.05 Å². The first-order chi connectivity index (χ1) is 13.4. The van der Waals surface area contributed by atoms with Gasteiger partial charge in [0, 0.05) is 24.8 Å². The van der Waals surface area contributed by atoms with Gasteiger partial charge in [0.2, 0.25) is 0 Å². The third-order valence-corrected chi connectivity index (χ3v) is 4.32. The zero-order chi connectivity index (χ0) is 20.3. The van der Waals surface area contributed by atoms with Crippen LogP contribution in [-0.2, 0) is 23.1 Å². The summed E-state index contributed by atoms with van der Waals surface area (Å²) in [5, 5.41) is 7.66. The fourth-order valence-corrected chi connectivity index (χ4v) is 3.03. The number of benzene rings is 1. The molecule has 8 nitrogen and oxygen atoms in total. The predicted molar refractivity (Wildman–Crippen MR) is 103 cm³/mol. The number of pyridine rings is 1. The first kappa shape index (κ1) is 19.3. The molecule has 3 aromatic rings. The second kappa shape index (κ2) is 8.08. The van der Waals surface area contributed by atoms with E-state index in [2.05, 4.69) is 15.4 Å². The molecule has 0 aliphatic carbocycles. The number of hydrogen-bond acceptors (Lipinski definition) is 6. The number of fused-ring (bicyclic) bond motifs is 1. The van der Waals surface area contributed by atoms with E-state index in [0.29, 0.717) is 33.7 Å². The minimum atomic E-state index is -0.584. The minimum absolute atomic E-state index is 0.278. The highest BCUT2D eigenvalue weighted by Gasteiger charge is 2.19. The SMILES string of the molecule is COc1ccccc1CNC(=O)COC(=O)c1cc(C)nc2c1c(C)nn2C. The summed E-state index contributed by atoms with van der Waals surface area (Å²) in [5.41, 5.74) is 3.14. The largest absolute Gasteiger partial charge is 0.496 e. The maximum absolute atomic E-state index is 12.6. The molecule has 0 aliphatic rings. The fourth-order valence-electron chi connectivity index (χ4n) is 3.03. The van der Waals surface area contributed by atoms with E-state index in [-0.39, 0.29) is 13.2 Å². The van der Waals surface area contributed by atoms with Crippen molar-refractivity contribution in [2.45, 2.75) is 20.4 Å². The molecular weight excluding hydrogens is 360 g/mol. The molecule has 28 heavy (non-hydrogen) atoms. The number of carbonyl (C=O) groups excluding carboxylic acids is 2. The Labute approximate surface area is 162 Å². The van der Waals surface area contributed by atoms with Gasteiger partial charge in [-0.3, -0.25) is 9.48 Å². The lowest BCUT2D eigenvalue weighted by Crippen LogP contribution is -2.28. The van der Waals surface area contributed by atoms with Gasteiger partial charge in [0.25, 0.3) is 5.91 Å². The Morgan fingerprint density at radius 3 is 2.71 bits per heavy atom. The molecule has 1 amide bonds. The third-order valence-electron chi connectivity index (χ3n) is 4.32. The van der Waals surface area contributed by atoms with Gasteiger partial charge < -0.3 is 14.8 Å². The van der Waals surface area contributed by atoms with Gasteiger partial charge in [-0.15, -0.1) is 0 Å². The molecule has 0 saturated carbocycles. The molecular formula is C20H22N4O4. The maximum atomic E-state index is 12.6. The van der Waals surface area contributed by atoms with E-state index in [9.17, 15) is 9.59 Å². The first-order valence-electron chi connectivity index (χ1n) is 8.77. The number of carbonyl (C=O) groups is 2. The number of aryl methyl sites for hydroxylation is 3. The van der Waals surface area contributed by atoms with Crippen molar-refractivity contribution in [3.63, 3.8) is 0 Å². The third kappa shape index (κ3) is 3.95. The second-order valence-electron chi connectivity index (χ2n) is 6.38. The molecule has 0 atom stereocenters. The minimum Gasteiger partial charge on any atom is -0.496 e. The molecule has 0 fully saturated rings. The average molecular weight is 382 g/mol. The molecule has 1 aromatic carbocycles. The van der Waals surface area contributed by atoms with E-state index in [1.165, 1.54) is 0 Å². The summed E-state index contributed by atoms with van der Waals surface area (Å²) in [6.45, 7) is 3.49. The van der Waals surface area contributed by atoms with E-state index in [4.69, 9.17) is 9.47 Å². The summed E-state index contributed by atoms with van der Waals surface area (Å²) >= 11 is 0. The number of amides is 1. The topological polar surface area (TPSA) is 95.3 Å². The molecule has 0 saturated heterocycles. The number of hydrogen-bond donors (Lipinski definition) is 1. The van der Waals surface area contributed by atoms with Crippen LogP contribution in [0.15, 0.2) is 30.3 Å². The molecule has 0 radical (unpaired) electrons. The van der Waals surface area contributed by atoms with Crippen LogP contribution in [0.2, 0.25) is 0 Å². The molecule has 3 rings (SSSR count). The van der Waals surface area contributed by atoms with Crippen LogP contribution >= 0.6 is 0 Å². The molecule has 0 bridgehead atoms. The van der Waals surface area contributed by atoms with E-state index >= 15 is 0 Å². The Hall–Kier alpha value is -3.42. The van der Waals surface area contributed by atoms with Gasteiger partial charge in [0.1, 0.15) is 5.75 Å². The second-order valence-corrected chi connectivity index (χ2v) is 6.38. The number of nitrogens with one attached hydrogen (secondary N) is 1. The highest BCUT2D eigenvalue weighted by molar-refractivity contribution is 6.04. The highest BCUT2D eigenvalue weighted by Crippen LogP contribution is 2.22. The van der Waals surface area contributed by atoms with Crippen molar-refractivity contribution in [3.8, 4) is 5.75 Å². The van der Waals surface area contributed by atoms with Crippen molar-refractivity contribution < 1.29 is 19.1 Å². The van der Waals surface area contributed by atoms with Gasteiger partial charge in [-0.05, 0) is 26.0 Å². The molecule has 0 unspecified atom stereocenters. The summed E-state index contributed by atoms with van der Waals surface area (Å²) in [4.78, 5) is 29.1. The number of ether oxygens (including phenoxy) is 2. The molecule has 146 valence electrons. The quantitative estimate of drug-likeness (QED) is 0.656. The van der Waals surface area contributed by atoms with Crippen molar-refractivity contribution in [3.05, 3.63) is 52.8 Å². The van der Waals surface area contributed by atoms with Crippen LogP contribution in [0.5, 0.6) is 5.75 Å². The molecule has 2 aromatic heterocycles. The van der Waals surface area contributed by atoms with Crippen LogP contribution in [0.3, 0.4) is 0 Å². The fraction of sp³-hybridized carbons (Fsp3) is 0.300. The summed E-state index contributed by atoms with van der Waals surface area (Å²) in [5.74, 6) is -0.301. The van der Waals surface area contributed by atoms with Crippen molar-refractivity contribution in [2.75, 3.05) is 13.7 Å². The zero-order valence-electron chi connectivity index (χ0n) is 16.3. The average Bonchev–Trinajstić information content (AvgIpc) is 2.97. The Morgan fingerprint density at radius 1 is 1.21 bits per heavy atom. The number of rotatable bonds is 6. The Balaban J connectivity index is 1.66. The summed E-state index contributed by atoms with van der Waals surface area (Å²) in [6, 6.07) is 9.02. The highest BCUT2D eigenvalue weighted by atomic mass is 16.5. The number of methoxy groups -OCH3 is 1. The van der Waals surface area contributed by atoms with Crippen LogP contribution in [-0.4, -0.2) is 40.4 Å². The first-order valence-corrected chi connectivity index (χ1v) is 8.77. The van der Waals surface area contributed by atoms with Gasteiger partial charge >= 0.3 is 5.97 Å². The smallest absolute Gasteiger partial charge is 0.339 e. The molecule has 1 N–H and O–H groups in total. The summed E-state index contributed by atoms with van der Waals surface area (Å²) in [6.07, 6.45) is 0. The predicted octanol–water partition coefficient (Wildman–Crippen LogP) is 2.07. The maximum Gasteiger partial charge on any atom is 0.339 e. The van der Waals surface area contributed by atoms with Gasteiger partial charge in [-0.1, -0.05) is 18.2 Å². The van der Waals surface area contributed by atoms with Gasteiger partial charge in [0.15, 0.2) is 12.3 Å². The van der Waals surface area contributed by atoms with E-state index in [1.54, 1.807) is 38.8 Å². The van der Waals surface area contributed by atoms with Crippen molar-refractivity contribution >= 4 is 22.9 Å². The molecule has 8 heteroatoms. The van der Waals surface area contributed by atoms with E-state index in [0.717, 1.165) is 5.56 Å². The van der Waals surface area contributed by atoms with Crippen LogP contribution < -0.4 is 10.1 Å². The van der Waals surface area contributed by atoms with E-state index < -0.39 is 11.9 Å². The monoisotopic (exact) mass is 382 g/mol. The Kier molecular flexibility index (Phi) is 5.58. The number of esters is 1.